The SMILES string of the molecule is CC(C)(C#N)CCCCS(=O)(=O)c1ccc(Cl)cc1N. The zero-order chi connectivity index (χ0) is 15.4. The first kappa shape index (κ1) is 16.8. The van der Waals surface area contributed by atoms with Gasteiger partial charge in [0.2, 0.25) is 0 Å². The minimum atomic E-state index is -3.40. The first-order valence-electron chi connectivity index (χ1n) is 6.37. The van der Waals surface area contributed by atoms with Crippen molar-refractivity contribution >= 4 is 27.1 Å². The molecule has 0 saturated heterocycles. The number of nitrogen functional groups attached to an aromatic ring is 1. The smallest absolute Gasteiger partial charge is 0.180 e. The van der Waals surface area contributed by atoms with Gasteiger partial charge in [-0.3, -0.25) is 0 Å². The van der Waals surface area contributed by atoms with Gasteiger partial charge in [-0.1, -0.05) is 18.0 Å². The van der Waals surface area contributed by atoms with E-state index in [1.807, 2.05) is 13.8 Å². The van der Waals surface area contributed by atoms with E-state index in [2.05, 4.69) is 6.07 Å². The van der Waals surface area contributed by atoms with Gasteiger partial charge in [-0.2, -0.15) is 5.26 Å². The molecule has 110 valence electrons. The summed E-state index contributed by atoms with van der Waals surface area (Å²) in [4.78, 5) is 0.126. The van der Waals surface area contributed by atoms with E-state index in [0.29, 0.717) is 24.3 Å². The molecule has 0 fully saturated rings. The molecule has 4 nitrogen and oxygen atoms in total. The van der Waals surface area contributed by atoms with Crippen LogP contribution in [0.5, 0.6) is 0 Å². The Balaban J connectivity index is 2.65. The average molecular weight is 315 g/mol. The van der Waals surface area contributed by atoms with Gasteiger partial charge in [0, 0.05) is 5.02 Å². The first-order valence-corrected chi connectivity index (χ1v) is 8.40. The highest BCUT2D eigenvalue weighted by Gasteiger charge is 2.19. The molecule has 1 aromatic rings. The van der Waals surface area contributed by atoms with Crippen LogP contribution in [0.1, 0.15) is 33.1 Å². The monoisotopic (exact) mass is 314 g/mol. The van der Waals surface area contributed by atoms with Crippen molar-refractivity contribution in [3.8, 4) is 6.07 Å². The molecule has 0 bridgehead atoms. The van der Waals surface area contributed by atoms with Crippen LogP contribution >= 0.6 is 11.6 Å². The number of sulfone groups is 1. The number of benzene rings is 1. The number of nitriles is 1. The fraction of sp³-hybridized carbons (Fsp3) is 0.500. The molecule has 0 spiro atoms. The Morgan fingerprint density at radius 3 is 2.55 bits per heavy atom. The van der Waals surface area contributed by atoms with Crippen LogP contribution in [0.4, 0.5) is 5.69 Å². The van der Waals surface area contributed by atoms with Crippen molar-refractivity contribution in [3.05, 3.63) is 23.2 Å². The molecular weight excluding hydrogens is 296 g/mol. The predicted octanol–water partition coefficient (Wildman–Crippen LogP) is 3.42. The van der Waals surface area contributed by atoms with Crippen LogP contribution in [0.25, 0.3) is 0 Å². The second kappa shape index (κ2) is 6.47. The van der Waals surface area contributed by atoms with Gasteiger partial charge < -0.3 is 5.73 Å². The van der Waals surface area contributed by atoms with Crippen LogP contribution in [-0.4, -0.2) is 14.2 Å². The molecule has 0 heterocycles. The molecule has 0 saturated carbocycles. The quantitative estimate of drug-likeness (QED) is 0.644. The van der Waals surface area contributed by atoms with Crippen LogP contribution in [0, 0.1) is 16.7 Å². The van der Waals surface area contributed by atoms with Gasteiger partial charge in [0.25, 0.3) is 0 Å². The minimum Gasteiger partial charge on any atom is -0.398 e. The Kier molecular flexibility index (Phi) is 5.43. The van der Waals surface area contributed by atoms with Gasteiger partial charge in [-0.25, -0.2) is 8.42 Å². The summed E-state index contributed by atoms with van der Waals surface area (Å²) in [6, 6.07) is 6.59. The van der Waals surface area contributed by atoms with E-state index in [1.54, 1.807) is 0 Å². The maximum Gasteiger partial charge on any atom is 0.180 e. The highest BCUT2D eigenvalue weighted by molar-refractivity contribution is 7.91. The van der Waals surface area contributed by atoms with Crippen molar-refractivity contribution in [3.63, 3.8) is 0 Å². The lowest BCUT2D eigenvalue weighted by Gasteiger charge is -2.14. The summed E-state index contributed by atoms with van der Waals surface area (Å²) in [6.45, 7) is 3.69. The molecule has 0 unspecified atom stereocenters. The Morgan fingerprint density at radius 1 is 1.35 bits per heavy atom. The molecule has 1 aromatic carbocycles. The molecule has 0 radical (unpaired) electrons. The zero-order valence-electron chi connectivity index (χ0n) is 11.7. The normalized spacial score (nSPS) is 12.1. The van der Waals surface area contributed by atoms with Crippen molar-refractivity contribution < 1.29 is 8.42 Å². The molecule has 6 heteroatoms. The van der Waals surface area contributed by atoms with Crippen LogP contribution in [0.2, 0.25) is 5.02 Å². The summed E-state index contributed by atoms with van der Waals surface area (Å²) < 4.78 is 24.3. The fourth-order valence-corrected chi connectivity index (χ4v) is 3.51. The maximum atomic E-state index is 12.2. The van der Waals surface area contributed by atoms with Crippen molar-refractivity contribution in [2.24, 2.45) is 5.41 Å². The van der Waals surface area contributed by atoms with Gasteiger partial charge in [-0.05, 0) is 44.9 Å². The molecular formula is C14H19ClN2O2S. The highest BCUT2D eigenvalue weighted by Crippen LogP contribution is 2.26. The molecule has 20 heavy (non-hydrogen) atoms. The average Bonchev–Trinajstić information content (AvgIpc) is 2.34. The van der Waals surface area contributed by atoms with Crippen LogP contribution in [-0.2, 0) is 9.84 Å². The Bertz CT molecular complexity index is 619. The lowest BCUT2D eigenvalue weighted by molar-refractivity contribution is 0.431. The zero-order valence-corrected chi connectivity index (χ0v) is 13.3. The van der Waals surface area contributed by atoms with E-state index in [1.165, 1.54) is 18.2 Å². The second-order valence-corrected chi connectivity index (χ2v) is 7.97. The van der Waals surface area contributed by atoms with E-state index >= 15 is 0 Å². The number of nitrogens with two attached hydrogens (primary N) is 1. The van der Waals surface area contributed by atoms with Crippen molar-refractivity contribution in [2.75, 3.05) is 11.5 Å². The molecule has 0 amide bonds. The molecule has 0 aliphatic heterocycles. The van der Waals surface area contributed by atoms with Gasteiger partial charge in [0.15, 0.2) is 9.84 Å². The third kappa shape index (κ3) is 4.69. The predicted molar refractivity (Wildman–Crippen MR) is 81.2 cm³/mol. The fourth-order valence-electron chi connectivity index (χ4n) is 1.83. The van der Waals surface area contributed by atoms with E-state index in [9.17, 15) is 8.42 Å². The van der Waals surface area contributed by atoms with E-state index in [-0.39, 0.29) is 16.3 Å². The standard InChI is InChI=1S/C14H19ClN2O2S/c1-14(2,10-16)7-3-4-8-20(18,19)13-6-5-11(15)9-12(13)17/h5-6,9H,3-4,7-8,17H2,1-2H3. The van der Waals surface area contributed by atoms with E-state index in [4.69, 9.17) is 22.6 Å². The lowest BCUT2D eigenvalue weighted by Crippen LogP contribution is -2.12. The lowest BCUT2D eigenvalue weighted by atomic mass is 9.89. The molecule has 2 N–H and O–H groups in total. The molecule has 0 aliphatic rings. The van der Waals surface area contributed by atoms with E-state index < -0.39 is 15.3 Å². The largest absolute Gasteiger partial charge is 0.398 e. The molecule has 0 aliphatic carbocycles. The summed E-state index contributed by atoms with van der Waals surface area (Å²) in [5.74, 6) is 0.0281. The summed E-state index contributed by atoms with van der Waals surface area (Å²) in [5.41, 5.74) is 5.46. The second-order valence-electron chi connectivity index (χ2n) is 5.45. The number of anilines is 1. The van der Waals surface area contributed by atoms with Crippen LogP contribution in [0.3, 0.4) is 0 Å². The van der Waals surface area contributed by atoms with Gasteiger partial charge in [0.1, 0.15) is 0 Å². The molecule has 1 rings (SSSR count). The Morgan fingerprint density at radius 2 is 2.00 bits per heavy atom. The highest BCUT2D eigenvalue weighted by atomic mass is 35.5. The van der Waals surface area contributed by atoms with E-state index in [0.717, 1.165) is 0 Å². The third-order valence-corrected chi connectivity index (χ3v) is 5.18. The van der Waals surface area contributed by atoms with Crippen molar-refractivity contribution in [1.29, 1.82) is 5.26 Å². The molecule has 0 atom stereocenters. The number of nitrogens with zero attached hydrogens (tertiary/aromatic N) is 1. The van der Waals surface area contributed by atoms with Gasteiger partial charge in [0.05, 0.1) is 27.8 Å². The molecule has 0 aromatic heterocycles. The summed E-state index contributed by atoms with van der Waals surface area (Å²) in [6.07, 6.45) is 1.87. The third-order valence-electron chi connectivity index (χ3n) is 3.07. The van der Waals surface area contributed by atoms with Crippen LogP contribution in [0.15, 0.2) is 23.1 Å². The topological polar surface area (TPSA) is 84.0 Å². The van der Waals surface area contributed by atoms with Gasteiger partial charge >= 0.3 is 0 Å². The Hall–Kier alpha value is -1.25. The first-order chi connectivity index (χ1) is 9.18. The Labute approximate surface area is 125 Å². The summed E-state index contributed by atoms with van der Waals surface area (Å²) in [7, 11) is -3.40. The number of hydrogen-bond acceptors (Lipinski definition) is 4. The van der Waals surface area contributed by atoms with Crippen molar-refractivity contribution in [2.45, 2.75) is 38.0 Å². The maximum absolute atomic E-state index is 12.2. The van der Waals surface area contributed by atoms with Crippen LogP contribution < -0.4 is 5.73 Å². The minimum absolute atomic E-state index is 0.0281. The van der Waals surface area contributed by atoms with Crippen molar-refractivity contribution in [1.82, 2.24) is 0 Å². The number of halogens is 1. The van der Waals surface area contributed by atoms with Gasteiger partial charge in [-0.15, -0.1) is 0 Å². The summed E-state index contributed by atoms with van der Waals surface area (Å²) in [5, 5.41) is 9.31. The number of rotatable bonds is 6. The summed E-state index contributed by atoms with van der Waals surface area (Å²) >= 11 is 5.75. The number of hydrogen-bond donors (Lipinski definition) is 1. The number of unbranched alkanes of at least 4 members (excludes halogenated alkanes) is 1.